The van der Waals surface area contributed by atoms with E-state index in [-0.39, 0.29) is 11.5 Å². The highest BCUT2D eigenvalue weighted by atomic mass is 32.1. The number of carbonyl (C=O) groups is 1. The lowest BCUT2D eigenvalue weighted by atomic mass is 10.1. The predicted molar refractivity (Wildman–Crippen MR) is 124 cm³/mol. The maximum atomic E-state index is 12.6. The largest absolute Gasteiger partial charge is 0.311 e. The fourth-order valence-electron chi connectivity index (χ4n) is 3.50. The molecule has 0 saturated carbocycles. The van der Waals surface area contributed by atoms with Crippen molar-refractivity contribution in [2.24, 2.45) is 0 Å². The lowest BCUT2D eigenvalue weighted by Crippen LogP contribution is -2.22. The molecule has 0 saturated heterocycles. The Morgan fingerprint density at radius 1 is 1.10 bits per heavy atom. The number of carbonyl (C=O) groups excluding carboxylic acids is 1. The van der Waals surface area contributed by atoms with Crippen LogP contribution in [-0.4, -0.2) is 20.4 Å². The van der Waals surface area contributed by atoms with Crippen LogP contribution in [0.4, 0.5) is 5.13 Å². The summed E-state index contributed by atoms with van der Waals surface area (Å²) in [5, 5.41) is 5.09. The van der Waals surface area contributed by atoms with Crippen molar-refractivity contribution in [3.05, 3.63) is 98.4 Å². The Morgan fingerprint density at radius 3 is 2.58 bits per heavy atom. The topological polar surface area (TPSA) is 76.9 Å². The van der Waals surface area contributed by atoms with E-state index in [4.69, 9.17) is 0 Å². The number of hydrogen-bond acceptors (Lipinski definition) is 5. The minimum absolute atomic E-state index is 0.226. The Morgan fingerprint density at radius 2 is 1.87 bits per heavy atom. The van der Waals surface area contributed by atoms with E-state index < -0.39 is 0 Å². The van der Waals surface area contributed by atoms with Gasteiger partial charge in [0, 0.05) is 29.4 Å². The van der Waals surface area contributed by atoms with Gasteiger partial charge >= 0.3 is 0 Å². The summed E-state index contributed by atoms with van der Waals surface area (Å²) in [5.41, 5.74) is 5.94. The number of amides is 1. The van der Waals surface area contributed by atoms with Gasteiger partial charge in [-0.05, 0) is 44.0 Å². The molecular formula is C24H22N4O2S. The van der Waals surface area contributed by atoms with Crippen LogP contribution in [0.25, 0.3) is 11.4 Å². The second-order valence-corrected chi connectivity index (χ2v) is 8.40. The third-order valence-electron chi connectivity index (χ3n) is 4.87. The van der Waals surface area contributed by atoms with Gasteiger partial charge in [-0.3, -0.25) is 19.9 Å². The molecule has 0 atom stereocenters. The number of benzene rings is 1. The second-order valence-electron chi connectivity index (χ2n) is 7.54. The summed E-state index contributed by atoms with van der Waals surface area (Å²) in [7, 11) is 0. The van der Waals surface area contributed by atoms with Crippen molar-refractivity contribution in [2.45, 2.75) is 27.3 Å². The molecule has 0 radical (unpaired) electrons. The van der Waals surface area contributed by atoms with Gasteiger partial charge in [-0.1, -0.05) is 35.4 Å². The highest BCUT2D eigenvalue weighted by Crippen LogP contribution is 2.25. The molecule has 1 amide bonds. The molecule has 0 aliphatic carbocycles. The molecule has 31 heavy (non-hydrogen) atoms. The minimum Gasteiger partial charge on any atom is -0.311 e. The van der Waals surface area contributed by atoms with Gasteiger partial charge in [0.2, 0.25) is 0 Å². The van der Waals surface area contributed by atoms with Crippen LogP contribution in [0.1, 0.15) is 32.6 Å². The summed E-state index contributed by atoms with van der Waals surface area (Å²) in [6.07, 6.45) is 3.37. The number of pyridine rings is 2. The summed E-state index contributed by atoms with van der Waals surface area (Å²) >= 11 is 1.32. The number of anilines is 1. The molecule has 156 valence electrons. The second kappa shape index (κ2) is 8.65. The van der Waals surface area contributed by atoms with Gasteiger partial charge in [0.25, 0.3) is 11.5 Å². The first-order valence-electron chi connectivity index (χ1n) is 9.85. The van der Waals surface area contributed by atoms with Crippen molar-refractivity contribution in [3.63, 3.8) is 0 Å². The molecular weight excluding hydrogens is 408 g/mol. The first-order chi connectivity index (χ1) is 14.9. The molecule has 4 aromatic rings. The summed E-state index contributed by atoms with van der Waals surface area (Å²) in [4.78, 5) is 34.0. The number of nitrogens with zero attached hydrogens (tertiary/aromatic N) is 3. The fraction of sp³-hybridized carbons (Fsp3) is 0.167. The van der Waals surface area contributed by atoms with E-state index in [1.54, 1.807) is 23.0 Å². The lowest BCUT2D eigenvalue weighted by Gasteiger charge is -2.09. The quantitative estimate of drug-likeness (QED) is 0.502. The van der Waals surface area contributed by atoms with Crippen LogP contribution in [0.3, 0.4) is 0 Å². The molecule has 0 fully saturated rings. The molecule has 0 spiro atoms. The molecule has 1 aromatic carbocycles. The third-order valence-corrected chi connectivity index (χ3v) is 5.63. The van der Waals surface area contributed by atoms with Crippen LogP contribution in [0.2, 0.25) is 0 Å². The van der Waals surface area contributed by atoms with Crippen LogP contribution in [0, 0.1) is 20.8 Å². The summed E-state index contributed by atoms with van der Waals surface area (Å²) in [6, 6.07) is 13.1. The van der Waals surface area contributed by atoms with Gasteiger partial charge < -0.3 is 4.57 Å². The van der Waals surface area contributed by atoms with E-state index in [1.165, 1.54) is 17.4 Å². The molecule has 0 aliphatic heterocycles. The molecule has 7 heteroatoms. The van der Waals surface area contributed by atoms with E-state index in [0.29, 0.717) is 22.9 Å². The number of thiazole rings is 1. The minimum atomic E-state index is -0.366. The Balaban J connectivity index is 1.49. The maximum absolute atomic E-state index is 12.6. The highest BCUT2D eigenvalue weighted by molar-refractivity contribution is 7.14. The number of nitrogens with one attached hydrogen (secondary N) is 1. The van der Waals surface area contributed by atoms with E-state index in [0.717, 1.165) is 27.9 Å². The zero-order chi connectivity index (χ0) is 22.0. The summed E-state index contributed by atoms with van der Waals surface area (Å²) in [6.45, 7) is 6.49. The van der Waals surface area contributed by atoms with Crippen molar-refractivity contribution < 1.29 is 4.79 Å². The van der Waals surface area contributed by atoms with Gasteiger partial charge in [-0.15, -0.1) is 11.3 Å². The van der Waals surface area contributed by atoms with Crippen molar-refractivity contribution >= 4 is 22.4 Å². The predicted octanol–water partition coefficient (Wildman–Crippen LogP) is 4.59. The maximum Gasteiger partial charge on any atom is 0.257 e. The number of hydrogen-bond donors (Lipinski definition) is 1. The molecule has 0 bridgehead atoms. The lowest BCUT2D eigenvalue weighted by molar-refractivity contribution is 0.102. The monoisotopic (exact) mass is 430 g/mol. The first-order valence-corrected chi connectivity index (χ1v) is 10.7. The van der Waals surface area contributed by atoms with E-state index in [9.17, 15) is 9.59 Å². The Bertz CT molecular complexity index is 1300. The number of rotatable bonds is 5. The standard InChI is InChI=1S/C24H22N4O2S/c1-15-9-16(2)11-18(10-15)13-28-8-6-19(12-21(28)29)23(30)27-24-26-20(14-31-24)22-17(3)5-4-7-25-22/h4-12,14H,13H2,1-3H3,(H,26,27,30). The SMILES string of the molecule is Cc1cc(C)cc(Cn2ccc(C(=O)Nc3nc(-c4ncccc4C)cs3)cc2=O)c1. The van der Waals surface area contributed by atoms with Crippen LogP contribution in [-0.2, 0) is 6.54 Å². The van der Waals surface area contributed by atoms with Crippen LogP contribution in [0.5, 0.6) is 0 Å². The average molecular weight is 431 g/mol. The molecule has 0 unspecified atom stereocenters. The Hall–Kier alpha value is -3.58. The fourth-order valence-corrected chi connectivity index (χ4v) is 4.19. The van der Waals surface area contributed by atoms with Crippen LogP contribution in [0.15, 0.2) is 65.0 Å². The normalized spacial score (nSPS) is 10.8. The Kier molecular flexibility index (Phi) is 5.77. The summed E-state index contributed by atoms with van der Waals surface area (Å²) in [5.74, 6) is -0.366. The van der Waals surface area contributed by atoms with E-state index >= 15 is 0 Å². The zero-order valence-corrected chi connectivity index (χ0v) is 18.4. The zero-order valence-electron chi connectivity index (χ0n) is 17.5. The Labute approximate surface area is 184 Å². The third kappa shape index (κ3) is 4.78. The number of aromatic nitrogens is 3. The smallest absolute Gasteiger partial charge is 0.257 e. The molecule has 4 rings (SSSR count). The average Bonchev–Trinajstić information content (AvgIpc) is 3.17. The van der Waals surface area contributed by atoms with Crippen LogP contribution < -0.4 is 10.9 Å². The molecule has 3 heterocycles. The highest BCUT2D eigenvalue weighted by Gasteiger charge is 2.13. The van der Waals surface area contributed by atoms with Gasteiger partial charge in [-0.2, -0.15) is 0 Å². The van der Waals surface area contributed by atoms with Crippen molar-refractivity contribution in [1.82, 2.24) is 14.5 Å². The van der Waals surface area contributed by atoms with E-state index in [2.05, 4.69) is 33.5 Å². The molecule has 3 aromatic heterocycles. The van der Waals surface area contributed by atoms with Gasteiger partial charge in [-0.25, -0.2) is 4.98 Å². The first kappa shape index (κ1) is 20.7. The van der Waals surface area contributed by atoms with Crippen LogP contribution >= 0.6 is 11.3 Å². The van der Waals surface area contributed by atoms with Gasteiger partial charge in [0.15, 0.2) is 5.13 Å². The summed E-state index contributed by atoms with van der Waals surface area (Å²) < 4.78 is 1.59. The van der Waals surface area contributed by atoms with Gasteiger partial charge in [0.05, 0.1) is 12.2 Å². The number of aryl methyl sites for hydroxylation is 3. The van der Waals surface area contributed by atoms with Crippen molar-refractivity contribution in [2.75, 3.05) is 5.32 Å². The van der Waals surface area contributed by atoms with E-state index in [1.807, 2.05) is 38.3 Å². The van der Waals surface area contributed by atoms with Gasteiger partial charge in [0.1, 0.15) is 5.69 Å². The van der Waals surface area contributed by atoms with Crippen molar-refractivity contribution in [1.29, 1.82) is 0 Å². The molecule has 0 aliphatic rings. The van der Waals surface area contributed by atoms with Crippen molar-refractivity contribution in [3.8, 4) is 11.4 Å². The molecule has 1 N–H and O–H groups in total. The molecule has 6 nitrogen and oxygen atoms in total.